The fourth-order valence-corrected chi connectivity index (χ4v) is 2.41. The molecule has 3 heteroatoms. The molecule has 0 spiro atoms. The third-order valence-corrected chi connectivity index (χ3v) is 3.72. The van der Waals surface area contributed by atoms with Gasteiger partial charge in [-0.2, -0.15) is 0 Å². The molecule has 2 aromatic rings. The first-order valence-corrected chi connectivity index (χ1v) is 7.55. The lowest BCUT2D eigenvalue weighted by molar-refractivity contribution is -0.139. The second-order valence-corrected chi connectivity index (χ2v) is 5.62. The standard InChI is InChI=1S/C18H17BrO2/c1-14(20)21-13-16(11-15-7-3-2-4-8-15)12-17-9-5-6-10-18(17)19/h2-10,12H,11,13H2,1H3. The molecule has 0 bridgehead atoms. The number of ether oxygens (including phenoxy) is 1. The number of benzene rings is 2. The molecule has 2 aromatic carbocycles. The minimum atomic E-state index is -0.263. The molecule has 0 unspecified atom stereocenters. The summed E-state index contributed by atoms with van der Waals surface area (Å²) in [6.07, 6.45) is 2.83. The van der Waals surface area contributed by atoms with Crippen LogP contribution in [-0.2, 0) is 16.0 Å². The smallest absolute Gasteiger partial charge is 0.302 e. The Morgan fingerprint density at radius 1 is 1.10 bits per heavy atom. The molecule has 0 fully saturated rings. The molecule has 21 heavy (non-hydrogen) atoms. The Balaban J connectivity index is 2.23. The Labute approximate surface area is 133 Å². The number of halogens is 1. The van der Waals surface area contributed by atoms with Crippen molar-refractivity contribution in [3.63, 3.8) is 0 Å². The van der Waals surface area contributed by atoms with Crippen molar-refractivity contribution in [2.45, 2.75) is 13.3 Å². The van der Waals surface area contributed by atoms with E-state index in [1.165, 1.54) is 12.5 Å². The zero-order valence-electron chi connectivity index (χ0n) is 11.9. The van der Waals surface area contributed by atoms with Crippen molar-refractivity contribution >= 4 is 28.0 Å². The number of rotatable bonds is 5. The molecule has 0 aliphatic heterocycles. The molecular weight excluding hydrogens is 328 g/mol. The highest BCUT2D eigenvalue weighted by molar-refractivity contribution is 9.10. The van der Waals surface area contributed by atoms with Crippen molar-refractivity contribution in [2.75, 3.05) is 6.61 Å². The number of esters is 1. The van der Waals surface area contributed by atoms with E-state index < -0.39 is 0 Å². The van der Waals surface area contributed by atoms with E-state index in [1.807, 2.05) is 42.5 Å². The molecule has 2 nitrogen and oxygen atoms in total. The van der Waals surface area contributed by atoms with Crippen LogP contribution in [0.15, 0.2) is 64.6 Å². The summed E-state index contributed by atoms with van der Waals surface area (Å²) in [5.74, 6) is -0.263. The van der Waals surface area contributed by atoms with E-state index in [9.17, 15) is 4.79 Å². The fraction of sp³-hybridized carbons (Fsp3) is 0.167. The van der Waals surface area contributed by atoms with E-state index in [0.29, 0.717) is 6.61 Å². The van der Waals surface area contributed by atoms with Crippen LogP contribution in [0, 0.1) is 0 Å². The Kier molecular flexibility index (Phi) is 5.76. The van der Waals surface area contributed by atoms with Crippen molar-refractivity contribution in [2.24, 2.45) is 0 Å². The van der Waals surface area contributed by atoms with Crippen LogP contribution in [0.1, 0.15) is 18.1 Å². The first-order chi connectivity index (χ1) is 10.1. The van der Waals surface area contributed by atoms with Crippen molar-refractivity contribution in [3.05, 3.63) is 75.8 Å². The number of hydrogen-bond donors (Lipinski definition) is 0. The molecular formula is C18H17BrO2. The molecule has 2 rings (SSSR count). The summed E-state index contributed by atoms with van der Waals surface area (Å²) in [6, 6.07) is 18.2. The van der Waals surface area contributed by atoms with Crippen LogP contribution < -0.4 is 0 Å². The van der Waals surface area contributed by atoms with Crippen LogP contribution in [-0.4, -0.2) is 12.6 Å². The van der Waals surface area contributed by atoms with Gasteiger partial charge in [-0.05, 0) is 29.2 Å². The van der Waals surface area contributed by atoms with Gasteiger partial charge in [0.15, 0.2) is 0 Å². The summed E-state index contributed by atoms with van der Waals surface area (Å²) in [5.41, 5.74) is 3.34. The third kappa shape index (κ3) is 5.20. The van der Waals surface area contributed by atoms with Gasteiger partial charge < -0.3 is 4.74 Å². The van der Waals surface area contributed by atoms with Gasteiger partial charge in [-0.3, -0.25) is 4.79 Å². The minimum Gasteiger partial charge on any atom is -0.461 e. The van der Waals surface area contributed by atoms with Gasteiger partial charge in [0.25, 0.3) is 0 Å². The van der Waals surface area contributed by atoms with E-state index in [2.05, 4.69) is 34.1 Å². The SMILES string of the molecule is CC(=O)OCC(=Cc1ccccc1Br)Cc1ccccc1. The topological polar surface area (TPSA) is 26.3 Å². The van der Waals surface area contributed by atoms with Crippen LogP contribution in [0.3, 0.4) is 0 Å². The second-order valence-electron chi connectivity index (χ2n) is 4.77. The van der Waals surface area contributed by atoms with E-state index in [4.69, 9.17) is 4.74 Å². The molecule has 0 amide bonds. The Hall–Kier alpha value is -1.87. The van der Waals surface area contributed by atoms with Crippen LogP contribution in [0.5, 0.6) is 0 Å². The summed E-state index contributed by atoms with van der Waals surface area (Å²) >= 11 is 3.54. The van der Waals surface area contributed by atoms with Crippen LogP contribution in [0.25, 0.3) is 6.08 Å². The van der Waals surface area contributed by atoms with E-state index in [0.717, 1.165) is 22.0 Å². The maximum absolute atomic E-state index is 11.1. The predicted octanol–water partition coefficient (Wildman–Crippen LogP) is 4.64. The molecule has 0 saturated carbocycles. The minimum absolute atomic E-state index is 0.263. The summed E-state index contributed by atoms with van der Waals surface area (Å²) in [6.45, 7) is 1.74. The molecule has 0 heterocycles. The van der Waals surface area contributed by atoms with Crippen LogP contribution >= 0.6 is 15.9 Å². The first kappa shape index (κ1) is 15.5. The quantitative estimate of drug-likeness (QED) is 0.738. The van der Waals surface area contributed by atoms with Gasteiger partial charge in [0.2, 0.25) is 0 Å². The predicted molar refractivity (Wildman–Crippen MR) is 88.9 cm³/mol. The molecule has 0 radical (unpaired) electrons. The maximum Gasteiger partial charge on any atom is 0.302 e. The molecule has 0 N–H and O–H groups in total. The zero-order chi connectivity index (χ0) is 15.1. The average molecular weight is 345 g/mol. The lowest BCUT2D eigenvalue weighted by Gasteiger charge is -2.09. The largest absolute Gasteiger partial charge is 0.461 e. The molecule has 0 aliphatic rings. The van der Waals surface area contributed by atoms with Gasteiger partial charge >= 0.3 is 5.97 Å². The van der Waals surface area contributed by atoms with Crippen molar-refractivity contribution in [1.82, 2.24) is 0 Å². The van der Waals surface area contributed by atoms with Gasteiger partial charge in [0.05, 0.1) is 0 Å². The second kappa shape index (κ2) is 7.79. The van der Waals surface area contributed by atoms with Crippen molar-refractivity contribution in [1.29, 1.82) is 0 Å². The fourth-order valence-electron chi connectivity index (χ4n) is 2.01. The molecule has 108 valence electrons. The number of carbonyl (C=O) groups is 1. The Morgan fingerprint density at radius 2 is 1.76 bits per heavy atom. The third-order valence-electron chi connectivity index (χ3n) is 3.00. The van der Waals surface area contributed by atoms with Crippen LogP contribution in [0.4, 0.5) is 0 Å². The van der Waals surface area contributed by atoms with Crippen LogP contribution in [0.2, 0.25) is 0 Å². The summed E-state index contributed by atoms with van der Waals surface area (Å²) < 4.78 is 6.19. The molecule has 0 aliphatic carbocycles. The molecule has 0 saturated heterocycles. The highest BCUT2D eigenvalue weighted by Crippen LogP contribution is 2.20. The zero-order valence-corrected chi connectivity index (χ0v) is 13.5. The monoisotopic (exact) mass is 344 g/mol. The van der Waals surface area contributed by atoms with Crippen molar-refractivity contribution < 1.29 is 9.53 Å². The molecule has 0 atom stereocenters. The lowest BCUT2D eigenvalue weighted by atomic mass is 10.0. The van der Waals surface area contributed by atoms with Gasteiger partial charge in [-0.25, -0.2) is 0 Å². The molecule has 0 aromatic heterocycles. The summed E-state index contributed by atoms with van der Waals surface area (Å²) in [7, 11) is 0. The highest BCUT2D eigenvalue weighted by Gasteiger charge is 2.04. The number of carbonyl (C=O) groups excluding carboxylic acids is 1. The van der Waals surface area contributed by atoms with Gasteiger partial charge in [0, 0.05) is 11.4 Å². The van der Waals surface area contributed by atoms with Gasteiger partial charge in [-0.15, -0.1) is 0 Å². The lowest BCUT2D eigenvalue weighted by Crippen LogP contribution is -2.05. The highest BCUT2D eigenvalue weighted by atomic mass is 79.9. The van der Waals surface area contributed by atoms with Crippen molar-refractivity contribution in [3.8, 4) is 0 Å². The summed E-state index contributed by atoms with van der Waals surface area (Å²) in [5, 5.41) is 0. The maximum atomic E-state index is 11.1. The van der Waals surface area contributed by atoms with E-state index in [-0.39, 0.29) is 5.97 Å². The average Bonchev–Trinajstić information content (AvgIpc) is 2.48. The Morgan fingerprint density at radius 3 is 2.43 bits per heavy atom. The number of hydrogen-bond acceptors (Lipinski definition) is 2. The van der Waals surface area contributed by atoms with Gasteiger partial charge in [-0.1, -0.05) is 70.5 Å². The normalized spacial score (nSPS) is 11.2. The van der Waals surface area contributed by atoms with Gasteiger partial charge in [0.1, 0.15) is 6.61 Å². The van der Waals surface area contributed by atoms with E-state index >= 15 is 0 Å². The first-order valence-electron chi connectivity index (χ1n) is 6.76. The Bertz CT molecular complexity index is 633. The summed E-state index contributed by atoms with van der Waals surface area (Å²) in [4.78, 5) is 11.1. The van der Waals surface area contributed by atoms with E-state index in [1.54, 1.807) is 0 Å².